The molecule has 1 atom stereocenters. The molecule has 1 heterocycles. The third-order valence-electron chi connectivity index (χ3n) is 4.56. The van der Waals surface area contributed by atoms with Crippen molar-refractivity contribution in [3.05, 3.63) is 65.5 Å². The molecule has 1 aliphatic heterocycles. The lowest BCUT2D eigenvalue weighted by Crippen LogP contribution is -2.45. The Bertz CT molecular complexity index is 718. The van der Waals surface area contributed by atoms with Gasteiger partial charge >= 0.3 is 0 Å². The van der Waals surface area contributed by atoms with Crippen LogP contribution in [0.25, 0.3) is 0 Å². The van der Waals surface area contributed by atoms with E-state index in [0.717, 1.165) is 19.5 Å². The summed E-state index contributed by atoms with van der Waals surface area (Å²) in [6, 6.07) is 14.4. The molecule has 0 saturated carbocycles. The van der Waals surface area contributed by atoms with E-state index < -0.39 is 0 Å². The maximum Gasteiger partial charge on any atom is 0.257 e. The minimum atomic E-state index is -0.325. The van der Waals surface area contributed by atoms with Gasteiger partial charge < -0.3 is 10.1 Å². The van der Waals surface area contributed by atoms with Crippen LogP contribution in [0.2, 0.25) is 0 Å². The third-order valence-corrected chi connectivity index (χ3v) is 4.56. The van der Waals surface area contributed by atoms with E-state index in [2.05, 4.69) is 41.4 Å². The molecule has 0 aromatic heterocycles. The van der Waals surface area contributed by atoms with Crippen molar-refractivity contribution in [2.24, 2.45) is 0 Å². The molecule has 0 radical (unpaired) electrons. The SMILES string of the molecule is CC(CNC(=O)COc1ccc(F)cc1)N1CCc2ccccc2C1. The fourth-order valence-corrected chi connectivity index (χ4v) is 3.02. The second-order valence-electron chi connectivity index (χ2n) is 6.38. The summed E-state index contributed by atoms with van der Waals surface area (Å²) in [7, 11) is 0. The van der Waals surface area contributed by atoms with Crippen molar-refractivity contribution in [2.75, 3.05) is 19.7 Å². The molecule has 3 rings (SSSR count). The fraction of sp³-hybridized carbons (Fsp3) is 0.350. The van der Waals surface area contributed by atoms with Gasteiger partial charge in [0, 0.05) is 25.7 Å². The third kappa shape index (κ3) is 4.79. The van der Waals surface area contributed by atoms with E-state index in [9.17, 15) is 9.18 Å². The van der Waals surface area contributed by atoms with Gasteiger partial charge in [0.25, 0.3) is 5.91 Å². The van der Waals surface area contributed by atoms with E-state index in [0.29, 0.717) is 12.3 Å². The Kier molecular flexibility index (Phi) is 5.66. The van der Waals surface area contributed by atoms with Crippen molar-refractivity contribution in [1.82, 2.24) is 10.2 Å². The number of carbonyl (C=O) groups is 1. The number of fused-ring (bicyclic) bond motifs is 1. The van der Waals surface area contributed by atoms with Gasteiger partial charge in [-0.3, -0.25) is 9.69 Å². The van der Waals surface area contributed by atoms with Crippen LogP contribution in [0.4, 0.5) is 4.39 Å². The van der Waals surface area contributed by atoms with Crippen LogP contribution in [0.3, 0.4) is 0 Å². The van der Waals surface area contributed by atoms with Crippen LogP contribution < -0.4 is 10.1 Å². The van der Waals surface area contributed by atoms with Gasteiger partial charge in [-0.05, 0) is 48.7 Å². The predicted molar refractivity (Wildman–Crippen MR) is 94.9 cm³/mol. The average Bonchev–Trinajstić information content (AvgIpc) is 2.65. The normalized spacial score (nSPS) is 15.3. The molecule has 1 unspecified atom stereocenters. The molecule has 1 amide bonds. The Morgan fingerprint density at radius 3 is 2.68 bits per heavy atom. The Balaban J connectivity index is 1.42. The Labute approximate surface area is 147 Å². The molecule has 132 valence electrons. The zero-order chi connectivity index (χ0) is 17.6. The summed E-state index contributed by atoms with van der Waals surface area (Å²) >= 11 is 0. The van der Waals surface area contributed by atoms with Gasteiger partial charge in [0.1, 0.15) is 11.6 Å². The molecule has 2 aromatic carbocycles. The second kappa shape index (κ2) is 8.12. The number of hydrogen-bond donors (Lipinski definition) is 1. The minimum Gasteiger partial charge on any atom is -0.484 e. The highest BCUT2D eigenvalue weighted by Crippen LogP contribution is 2.19. The first-order valence-corrected chi connectivity index (χ1v) is 8.58. The molecule has 0 saturated heterocycles. The summed E-state index contributed by atoms with van der Waals surface area (Å²) in [5.74, 6) is -0.0143. The van der Waals surface area contributed by atoms with Crippen LogP contribution in [-0.4, -0.2) is 36.5 Å². The van der Waals surface area contributed by atoms with Crippen molar-refractivity contribution < 1.29 is 13.9 Å². The van der Waals surface area contributed by atoms with E-state index in [1.165, 1.54) is 35.4 Å². The zero-order valence-corrected chi connectivity index (χ0v) is 14.4. The van der Waals surface area contributed by atoms with Gasteiger partial charge in [-0.1, -0.05) is 24.3 Å². The second-order valence-corrected chi connectivity index (χ2v) is 6.38. The number of benzene rings is 2. The largest absolute Gasteiger partial charge is 0.484 e. The van der Waals surface area contributed by atoms with Crippen molar-refractivity contribution >= 4 is 5.91 Å². The molecule has 1 N–H and O–H groups in total. The summed E-state index contributed by atoms with van der Waals surface area (Å²) in [6.07, 6.45) is 1.04. The quantitative estimate of drug-likeness (QED) is 0.878. The molecule has 4 nitrogen and oxygen atoms in total. The molecule has 0 bridgehead atoms. The number of ether oxygens (including phenoxy) is 1. The van der Waals surface area contributed by atoms with Crippen LogP contribution >= 0.6 is 0 Å². The summed E-state index contributed by atoms with van der Waals surface area (Å²) in [6.45, 7) is 4.55. The number of rotatable bonds is 6. The predicted octanol–water partition coefficient (Wildman–Crippen LogP) is 2.77. The first kappa shape index (κ1) is 17.4. The van der Waals surface area contributed by atoms with Crippen molar-refractivity contribution in [3.63, 3.8) is 0 Å². The Morgan fingerprint density at radius 2 is 1.92 bits per heavy atom. The van der Waals surface area contributed by atoms with E-state index in [1.807, 2.05) is 0 Å². The van der Waals surface area contributed by atoms with Gasteiger partial charge in [-0.15, -0.1) is 0 Å². The topological polar surface area (TPSA) is 41.6 Å². The van der Waals surface area contributed by atoms with E-state index in [4.69, 9.17) is 4.74 Å². The van der Waals surface area contributed by atoms with Crippen molar-refractivity contribution in [3.8, 4) is 5.75 Å². The smallest absolute Gasteiger partial charge is 0.257 e. The number of halogens is 1. The molecule has 1 aliphatic rings. The van der Waals surface area contributed by atoms with Gasteiger partial charge in [0.2, 0.25) is 0 Å². The van der Waals surface area contributed by atoms with Crippen molar-refractivity contribution in [2.45, 2.75) is 25.9 Å². The lowest BCUT2D eigenvalue weighted by molar-refractivity contribution is -0.123. The maximum absolute atomic E-state index is 12.8. The number of nitrogens with one attached hydrogen (secondary N) is 1. The summed E-state index contributed by atoms with van der Waals surface area (Å²) in [5.41, 5.74) is 2.79. The standard InChI is InChI=1S/C20H23FN2O2/c1-15(23-11-10-16-4-2-3-5-17(16)13-23)12-22-20(24)14-25-19-8-6-18(21)7-9-19/h2-9,15H,10-14H2,1H3,(H,22,24). The molecule has 0 spiro atoms. The van der Waals surface area contributed by atoms with Gasteiger partial charge in [-0.25, -0.2) is 4.39 Å². The minimum absolute atomic E-state index is 0.0683. The summed E-state index contributed by atoms with van der Waals surface area (Å²) < 4.78 is 18.2. The molecule has 25 heavy (non-hydrogen) atoms. The molecule has 0 aliphatic carbocycles. The van der Waals surface area contributed by atoms with Gasteiger partial charge in [0.05, 0.1) is 0 Å². The van der Waals surface area contributed by atoms with E-state index in [-0.39, 0.29) is 24.4 Å². The van der Waals surface area contributed by atoms with Crippen LogP contribution in [-0.2, 0) is 17.8 Å². The van der Waals surface area contributed by atoms with Crippen LogP contribution in [0.1, 0.15) is 18.1 Å². The molecule has 2 aromatic rings. The lowest BCUT2D eigenvalue weighted by atomic mass is 9.99. The highest BCUT2D eigenvalue weighted by molar-refractivity contribution is 5.77. The maximum atomic E-state index is 12.8. The van der Waals surface area contributed by atoms with E-state index in [1.54, 1.807) is 0 Å². The molecular weight excluding hydrogens is 319 g/mol. The van der Waals surface area contributed by atoms with Crippen LogP contribution in [0.5, 0.6) is 5.75 Å². The van der Waals surface area contributed by atoms with Gasteiger partial charge in [-0.2, -0.15) is 0 Å². The average molecular weight is 342 g/mol. The number of amides is 1. The summed E-state index contributed by atoms with van der Waals surface area (Å²) in [4.78, 5) is 14.3. The fourth-order valence-electron chi connectivity index (χ4n) is 3.02. The lowest BCUT2D eigenvalue weighted by Gasteiger charge is -2.33. The number of nitrogens with zero attached hydrogens (tertiary/aromatic N) is 1. The van der Waals surface area contributed by atoms with Gasteiger partial charge in [0.15, 0.2) is 6.61 Å². The Morgan fingerprint density at radius 1 is 1.20 bits per heavy atom. The van der Waals surface area contributed by atoms with Crippen molar-refractivity contribution in [1.29, 1.82) is 0 Å². The molecule has 0 fully saturated rings. The monoisotopic (exact) mass is 342 g/mol. The zero-order valence-electron chi connectivity index (χ0n) is 14.4. The van der Waals surface area contributed by atoms with Crippen LogP contribution in [0.15, 0.2) is 48.5 Å². The molecule has 5 heteroatoms. The highest BCUT2D eigenvalue weighted by Gasteiger charge is 2.20. The first-order chi connectivity index (χ1) is 12.1. The number of hydrogen-bond acceptors (Lipinski definition) is 3. The first-order valence-electron chi connectivity index (χ1n) is 8.58. The highest BCUT2D eigenvalue weighted by atomic mass is 19.1. The van der Waals surface area contributed by atoms with E-state index >= 15 is 0 Å². The summed E-state index contributed by atoms with van der Waals surface area (Å²) in [5, 5.41) is 2.91. The van der Waals surface area contributed by atoms with Crippen LogP contribution in [0, 0.1) is 5.82 Å². The number of carbonyl (C=O) groups excluding carboxylic acids is 1. The Hall–Kier alpha value is -2.40. The molecular formula is C20H23FN2O2.